The van der Waals surface area contributed by atoms with Gasteiger partial charge >= 0.3 is 0 Å². The highest BCUT2D eigenvalue weighted by Gasteiger charge is 2.11. The largest absolute Gasteiger partial charge is 0.310 e. The number of para-hydroxylation sites is 1. The molecule has 1 N–H and O–H groups in total. The fourth-order valence-corrected chi connectivity index (χ4v) is 3.18. The van der Waals surface area contributed by atoms with E-state index in [4.69, 9.17) is 0 Å². The van der Waals surface area contributed by atoms with Crippen molar-refractivity contribution in [3.05, 3.63) is 66.1 Å². The minimum Gasteiger partial charge on any atom is -0.310 e. The summed E-state index contributed by atoms with van der Waals surface area (Å²) in [4.78, 5) is 29.4. The van der Waals surface area contributed by atoms with Gasteiger partial charge in [-0.2, -0.15) is 0 Å². The second kappa shape index (κ2) is 6.74. The van der Waals surface area contributed by atoms with Crippen molar-refractivity contribution in [1.82, 2.24) is 19.9 Å². The Hall–Kier alpha value is -3.19. The van der Waals surface area contributed by atoms with Crippen molar-refractivity contribution in [3.63, 3.8) is 0 Å². The zero-order valence-electron chi connectivity index (χ0n) is 13.1. The maximum absolute atomic E-state index is 12.2. The molecule has 0 saturated carbocycles. The highest BCUT2D eigenvalue weighted by molar-refractivity contribution is 7.13. The number of nitrogens with zero attached hydrogens (tertiary/aromatic N) is 4. The van der Waals surface area contributed by atoms with Crippen molar-refractivity contribution in [2.45, 2.75) is 6.42 Å². The number of rotatable bonds is 4. The van der Waals surface area contributed by atoms with Crippen LogP contribution in [-0.4, -0.2) is 25.8 Å². The molecule has 0 atom stereocenters. The lowest BCUT2D eigenvalue weighted by atomic mass is 10.2. The Morgan fingerprint density at radius 1 is 1.08 bits per heavy atom. The van der Waals surface area contributed by atoms with Gasteiger partial charge in [0.05, 0.1) is 23.8 Å². The highest BCUT2D eigenvalue weighted by Crippen LogP contribution is 2.21. The zero-order valence-corrected chi connectivity index (χ0v) is 13.9. The van der Waals surface area contributed by atoms with E-state index < -0.39 is 0 Å². The molecule has 0 spiro atoms. The van der Waals surface area contributed by atoms with Crippen molar-refractivity contribution in [2.24, 2.45) is 0 Å². The SMILES string of the molecule is O=C(Cc1csc(-c2cnccn2)n1)Nc1ccc2ccccc2n1. The molecule has 3 heterocycles. The number of carbonyl (C=O) groups is 1. The number of carbonyl (C=O) groups excluding carboxylic acids is 1. The molecule has 25 heavy (non-hydrogen) atoms. The topological polar surface area (TPSA) is 80.7 Å². The molecule has 4 aromatic rings. The smallest absolute Gasteiger partial charge is 0.231 e. The summed E-state index contributed by atoms with van der Waals surface area (Å²) in [6.45, 7) is 0. The Bertz CT molecular complexity index is 1030. The Morgan fingerprint density at radius 3 is 2.88 bits per heavy atom. The summed E-state index contributed by atoms with van der Waals surface area (Å²) >= 11 is 1.44. The van der Waals surface area contributed by atoms with E-state index in [-0.39, 0.29) is 12.3 Å². The maximum Gasteiger partial charge on any atom is 0.231 e. The van der Waals surface area contributed by atoms with Crippen LogP contribution in [0.25, 0.3) is 21.6 Å². The molecule has 0 radical (unpaired) electrons. The number of amides is 1. The number of pyridine rings is 1. The quantitative estimate of drug-likeness (QED) is 0.612. The standard InChI is InChI=1S/C18H13N5OS/c24-17(23-16-6-5-12-3-1-2-4-14(12)22-16)9-13-11-25-18(21-13)15-10-19-7-8-20-15/h1-8,10-11H,9H2,(H,22,23,24). The first kappa shape index (κ1) is 15.3. The summed E-state index contributed by atoms with van der Waals surface area (Å²) in [5, 5.41) is 6.46. The van der Waals surface area contributed by atoms with Crippen LogP contribution in [0, 0.1) is 0 Å². The van der Waals surface area contributed by atoms with E-state index in [0.29, 0.717) is 17.2 Å². The third-order valence-corrected chi connectivity index (χ3v) is 4.46. The molecular weight excluding hydrogens is 334 g/mol. The van der Waals surface area contributed by atoms with Gasteiger partial charge in [0.25, 0.3) is 0 Å². The van der Waals surface area contributed by atoms with Gasteiger partial charge in [0.2, 0.25) is 5.91 Å². The van der Waals surface area contributed by atoms with E-state index in [0.717, 1.165) is 15.9 Å². The van der Waals surface area contributed by atoms with Crippen molar-refractivity contribution in [2.75, 3.05) is 5.32 Å². The average Bonchev–Trinajstić information content (AvgIpc) is 3.10. The third-order valence-electron chi connectivity index (χ3n) is 3.54. The Kier molecular flexibility index (Phi) is 4.14. The second-order valence-electron chi connectivity index (χ2n) is 5.35. The lowest BCUT2D eigenvalue weighted by molar-refractivity contribution is -0.115. The summed E-state index contributed by atoms with van der Waals surface area (Å²) in [6, 6.07) is 11.5. The third kappa shape index (κ3) is 3.51. The van der Waals surface area contributed by atoms with Crippen LogP contribution in [0.4, 0.5) is 5.82 Å². The molecule has 1 amide bonds. The molecule has 4 rings (SSSR count). The monoisotopic (exact) mass is 347 g/mol. The molecule has 0 unspecified atom stereocenters. The predicted molar refractivity (Wildman–Crippen MR) is 97.2 cm³/mol. The summed E-state index contributed by atoms with van der Waals surface area (Å²) in [5.74, 6) is 0.381. The number of hydrogen-bond acceptors (Lipinski definition) is 6. The molecule has 122 valence electrons. The van der Waals surface area contributed by atoms with Crippen LogP contribution < -0.4 is 5.32 Å². The van der Waals surface area contributed by atoms with E-state index in [2.05, 4.69) is 25.3 Å². The molecular formula is C18H13N5OS. The number of anilines is 1. The van der Waals surface area contributed by atoms with Gasteiger partial charge in [0.1, 0.15) is 16.5 Å². The zero-order chi connectivity index (χ0) is 17.1. The van der Waals surface area contributed by atoms with E-state index in [9.17, 15) is 4.79 Å². The van der Waals surface area contributed by atoms with Crippen LogP contribution in [0.5, 0.6) is 0 Å². The van der Waals surface area contributed by atoms with Crippen LogP contribution in [0.15, 0.2) is 60.4 Å². The normalized spacial score (nSPS) is 10.7. The maximum atomic E-state index is 12.2. The summed E-state index contributed by atoms with van der Waals surface area (Å²) in [5.41, 5.74) is 2.25. The van der Waals surface area contributed by atoms with E-state index in [1.165, 1.54) is 11.3 Å². The average molecular weight is 347 g/mol. The summed E-state index contributed by atoms with van der Waals surface area (Å²) in [7, 11) is 0. The van der Waals surface area contributed by atoms with Gasteiger partial charge in [-0.3, -0.25) is 14.8 Å². The first-order valence-corrected chi connectivity index (χ1v) is 8.52. The predicted octanol–water partition coefficient (Wildman–Crippen LogP) is 3.33. The van der Waals surface area contributed by atoms with Crippen molar-refractivity contribution in [1.29, 1.82) is 0 Å². The molecule has 7 heteroatoms. The van der Waals surface area contributed by atoms with Gasteiger partial charge in [-0.25, -0.2) is 9.97 Å². The number of fused-ring (bicyclic) bond motifs is 1. The number of aromatic nitrogens is 4. The minimum atomic E-state index is -0.154. The van der Waals surface area contributed by atoms with Crippen molar-refractivity contribution < 1.29 is 4.79 Å². The van der Waals surface area contributed by atoms with Crippen molar-refractivity contribution in [3.8, 4) is 10.7 Å². The van der Waals surface area contributed by atoms with Crippen LogP contribution in [0.2, 0.25) is 0 Å². The van der Waals surface area contributed by atoms with Crippen LogP contribution in [0.3, 0.4) is 0 Å². The van der Waals surface area contributed by atoms with Gasteiger partial charge in [0.15, 0.2) is 0 Å². The molecule has 0 aliphatic carbocycles. The Labute approximate surface area is 147 Å². The van der Waals surface area contributed by atoms with E-state index >= 15 is 0 Å². The van der Waals surface area contributed by atoms with Crippen LogP contribution >= 0.6 is 11.3 Å². The molecule has 0 aliphatic rings. The molecule has 0 aliphatic heterocycles. The molecule has 3 aromatic heterocycles. The van der Waals surface area contributed by atoms with Gasteiger partial charge in [-0.05, 0) is 18.2 Å². The number of benzene rings is 1. The van der Waals surface area contributed by atoms with Gasteiger partial charge < -0.3 is 5.32 Å². The number of thiazole rings is 1. The fraction of sp³-hybridized carbons (Fsp3) is 0.0556. The number of hydrogen-bond donors (Lipinski definition) is 1. The Balaban J connectivity index is 1.46. The minimum absolute atomic E-state index is 0.154. The lowest BCUT2D eigenvalue weighted by Crippen LogP contribution is -2.15. The first-order valence-electron chi connectivity index (χ1n) is 7.64. The molecule has 0 bridgehead atoms. The molecule has 0 saturated heterocycles. The van der Waals surface area contributed by atoms with Gasteiger partial charge in [-0.1, -0.05) is 18.2 Å². The second-order valence-corrected chi connectivity index (χ2v) is 6.21. The number of nitrogens with one attached hydrogen (secondary N) is 1. The molecule has 1 aromatic carbocycles. The van der Waals surface area contributed by atoms with E-state index in [1.807, 2.05) is 35.7 Å². The molecule has 0 fully saturated rings. The van der Waals surface area contributed by atoms with Gasteiger partial charge in [0, 0.05) is 23.2 Å². The summed E-state index contributed by atoms with van der Waals surface area (Å²) in [6.07, 6.45) is 5.07. The van der Waals surface area contributed by atoms with Crippen LogP contribution in [0.1, 0.15) is 5.69 Å². The Morgan fingerprint density at radius 2 is 2.00 bits per heavy atom. The highest BCUT2D eigenvalue weighted by atomic mass is 32.1. The fourth-order valence-electron chi connectivity index (χ4n) is 2.40. The first-order chi connectivity index (χ1) is 12.3. The van der Waals surface area contributed by atoms with E-state index in [1.54, 1.807) is 24.7 Å². The van der Waals surface area contributed by atoms with Crippen molar-refractivity contribution >= 4 is 34.0 Å². The lowest BCUT2D eigenvalue weighted by Gasteiger charge is -2.04. The van der Waals surface area contributed by atoms with Gasteiger partial charge in [-0.15, -0.1) is 11.3 Å². The molecule has 6 nitrogen and oxygen atoms in total. The van der Waals surface area contributed by atoms with Crippen LogP contribution in [-0.2, 0) is 11.2 Å². The summed E-state index contributed by atoms with van der Waals surface area (Å²) < 4.78 is 0.